The van der Waals surface area contributed by atoms with Gasteiger partial charge in [-0.3, -0.25) is 4.99 Å². The number of aliphatic imine (C=N–C) groups is 1. The van der Waals surface area contributed by atoms with Gasteiger partial charge in [-0.2, -0.15) is 0 Å². The maximum absolute atomic E-state index is 5.80. The number of methoxy groups -OCH3 is 1. The molecule has 160 valence electrons. The monoisotopic (exact) mass is 503 g/mol. The van der Waals surface area contributed by atoms with Gasteiger partial charge in [0.25, 0.3) is 0 Å². The highest BCUT2D eigenvalue weighted by Crippen LogP contribution is 2.24. The van der Waals surface area contributed by atoms with Crippen molar-refractivity contribution in [2.24, 2.45) is 10.9 Å². The Hall–Kier alpha value is -0.860. The predicted molar refractivity (Wildman–Crippen MR) is 128 cm³/mol. The first-order valence-electron chi connectivity index (χ1n) is 10.2. The first-order chi connectivity index (χ1) is 13.0. The van der Waals surface area contributed by atoms with Crippen LogP contribution in [0.3, 0.4) is 0 Å². The van der Waals surface area contributed by atoms with Crippen LogP contribution < -0.4 is 10.6 Å². The Morgan fingerprint density at radius 2 is 1.82 bits per heavy atom. The number of benzene rings is 1. The summed E-state index contributed by atoms with van der Waals surface area (Å²) >= 11 is 0. The van der Waals surface area contributed by atoms with Gasteiger partial charge in [0.05, 0.1) is 18.2 Å². The Balaban J connectivity index is 0.00000392. The number of nitrogens with zero attached hydrogens (tertiary/aromatic N) is 1. The molecule has 0 amide bonds. The predicted octanol–water partition coefficient (Wildman–Crippen LogP) is 4.31. The molecule has 0 saturated carbocycles. The summed E-state index contributed by atoms with van der Waals surface area (Å²) in [4.78, 5) is 4.82. The molecule has 1 atom stereocenters. The molecular formula is C22H38IN3O2. The van der Waals surface area contributed by atoms with Crippen LogP contribution in [-0.4, -0.2) is 45.0 Å². The minimum Gasteiger partial charge on any atom is -0.381 e. The van der Waals surface area contributed by atoms with Crippen molar-refractivity contribution in [2.45, 2.75) is 58.6 Å². The lowest BCUT2D eigenvalue weighted by Gasteiger charge is -2.34. The van der Waals surface area contributed by atoms with Gasteiger partial charge >= 0.3 is 0 Å². The van der Waals surface area contributed by atoms with E-state index < -0.39 is 0 Å². The maximum Gasteiger partial charge on any atom is 0.191 e. The zero-order valence-electron chi connectivity index (χ0n) is 18.1. The summed E-state index contributed by atoms with van der Waals surface area (Å²) in [6.45, 7) is 11.7. The van der Waals surface area contributed by atoms with E-state index in [2.05, 4.69) is 62.6 Å². The first kappa shape index (κ1) is 25.2. The van der Waals surface area contributed by atoms with Crippen molar-refractivity contribution < 1.29 is 9.47 Å². The largest absolute Gasteiger partial charge is 0.381 e. The smallest absolute Gasteiger partial charge is 0.191 e. The van der Waals surface area contributed by atoms with Crippen LogP contribution in [0.2, 0.25) is 0 Å². The summed E-state index contributed by atoms with van der Waals surface area (Å²) in [5.41, 5.74) is 2.45. The standard InChI is InChI=1S/C22H37N3O2.HI/c1-6-23-21(24-16-22(26-5)11-13-27-14-12-22)25-18(4)20-9-7-19(8-10-20)15-17(2)3;/h7-10,17-18H,6,11-16H2,1-5H3,(H2,23,24,25);1H. The van der Waals surface area contributed by atoms with Crippen LogP contribution in [0, 0.1) is 5.92 Å². The van der Waals surface area contributed by atoms with E-state index in [0.717, 1.165) is 45.0 Å². The maximum atomic E-state index is 5.80. The van der Waals surface area contributed by atoms with E-state index >= 15 is 0 Å². The molecule has 28 heavy (non-hydrogen) atoms. The molecule has 1 aliphatic heterocycles. The molecule has 1 unspecified atom stereocenters. The third-order valence-corrected chi connectivity index (χ3v) is 5.18. The summed E-state index contributed by atoms with van der Waals surface area (Å²) in [5.74, 6) is 1.51. The summed E-state index contributed by atoms with van der Waals surface area (Å²) < 4.78 is 11.3. The van der Waals surface area contributed by atoms with Crippen molar-refractivity contribution in [2.75, 3.05) is 33.4 Å². The Morgan fingerprint density at radius 1 is 1.18 bits per heavy atom. The molecule has 0 aliphatic carbocycles. The normalized spacial score (nSPS) is 17.7. The van der Waals surface area contributed by atoms with Gasteiger partial charge in [0, 0.05) is 39.7 Å². The lowest BCUT2D eigenvalue weighted by atomic mass is 9.94. The van der Waals surface area contributed by atoms with Crippen LogP contribution in [0.1, 0.15) is 57.7 Å². The number of ether oxygens (including phenoxy) is 2. The molecule has 1 aliphatic rings. The molecule has 0 radical (unpaired) electrons. The van der Waals surface area contributed by atoms with Crippen LogP contribution in [-0.2, 0) is 15.9 Å². The third-order valence-electron chi connectivity index (χ3n) is 5.18. The zero-order valence-corrected chi connectivity index (χ0v) is 20.4. The van der Waals surface area contributed by atoms with Gasteiger partial charge in [0.15, 0.2) is 5.96 Å². The lowest BCUT2D eigenvalue weighted by Crippen LogP contribution is -2.44. The molecule has 1 aromatic carbocycles. The van der Waals surface area contributed by atoms with E-state index in [1.807, 2.05) is 0 Å². The minimum atomic E-state index is -0.206. The number of halogens is 1. The van der Waals surface area contributed by atoms with Crippen molar-refractivity contribution in [3.8, 4) is 0 Å². The highest BCUT2D eigenvalue weighted by atomic mass is 127. The Kier molecular flexibility index (Phi) is 11.4. The molecule has 0 spiro atoms. The molecule has 2 rings (SSSR count). The number of rotatable bonds is 8. The summed E-state index contributed by atoms with van der Waals surface area (Å²) in [5, 5.41) is 6.88. The molecule has 1 heterocycles. The summed E-state index contributed by atoms with van der Waals surface area (Å²) in [6, 6.07) is 9.09. The second-order valence-corrected chi connectivity index (χ2v) is 7.90. The molecular weight excluding hydrogens is 465 g/mol. The van der Waals surface area contributed by atoms with Crippen LogP contribution >= 0.6 is 24.0 Å². The van der Waals surface area contributed by atoms with Crippen LogP contribution in [0.5, 0.6) is 0 Å². The van der Waals surface area contributed by atoms with Gasteiger partial charge in [-0.05, 0) is 37.3 Å². The molecule has 6 heteroatoms. The highest BCUT2D eigenvalue weighted by Gasteiger charge is 2.32. The average molecular weight is 503 g/mol. The Morgan fingerprint density at radius 3 is 2.36 bits per heavy atom. The number of nitrogens with one attached hydrogen (secondary N) is 2. The van der Waals surface area contributed by atoms with E-state index in [4.69, 9.17) is 14.5 Å². The fraction of sp³-hybridized carbons (Fsp3) is 0.682. The number of hydrogen-bond acceptors (Lipinski definition) is 3. The highest BCUT2D eigenvalue weighted by molar-refractivity contribution is 14.0. The minimum absolute atomic E-state index is 0. The molecule has 1 aromatic rings. The van der Waals surface area contributed by atoms with Crippen LogP contribution in [0.4, 0.5) is 0 Å². The van der Waals surface area contributed by atoms with E-state index in [-0.39, 0.29) is 35.6 Å². The fourth-order valence-corrected chi connectivity index (χ4v) is 3.42. The van der Waals surface area contributed by atoms with Gasteiger partial charge in [-0.1, -0.05) is 38.1 Å². The van der Waals surface area contributed by atoms with Gasteiger partial charge in [0.1, 0.15) is 0 Å². The van der Waals surface area contributed by atoms with E-state index in [9.17, 15) is 0 Å². The summed E-state index contributed by atoms with van der Waals surface area (Å²) in [7, 11) is 1.78. The van der Waals surface area contributed by atoms with Gasteiger partial charge < -0.3 is 20.1 Å². The van der Waals surface area contributed by atoms with Crippen LogP contribution in [0.15, 0.2) is 29.3 Å². The SMILES string of the molecule is CCNC(=NCC1(OC)CCOCC1)NC(C)c1ccc(CC(C)C)cc1.I. The third kappa shape index (κ3) is 7.87. The zero-order chi connectivity index (χ0) is 19.7. The van der Waals surface area contributed by atoms with Crippen molar-refractivity contribution in [1.82, 2.24) is 10.6 Å². The second kappa shape index (κ2) is 12.6. The quantitative estimate of drug-likeness (QED) is 0.315. The lowest BCUT2D eigenvalue weighted by molar-refractivity contribution is -0.0828. The topological polar surface area (TPSA) is 54.9 Å². The Bertz CT molecular complexity index is 584. The van der Waals surface area contributed by atoms with Gasteiger partial charge in [-0.15, -0.1) is 24.0 Å². The van der Waals surface area contributed by atoms with Crippen molar-refractivity contribution >= 4 is 29.9 Å². The van der Waals surface area contributed by atoms with Crippen molar-refractivity contribution in [1.29, 1.82) is 0 Å². The number of guanidine groups is 1. The molecule has 5 nitrogen and oxygen atoms in total. The van der Waals surface area contributed by atoms with E-state index in [1.54, 1.807) is 7.11 Å². The Labute approximate surface area is 188 Å². The van der Waals surface area contributed by atoms with E-state index in [0.29, 0.717) is 12.5 Å². The van der Waals surface area contributed by atoms with Gasteiger partial charge in [-0.25, -0.2) is 0 Å². The van der Waals surface area contributed by atoms with E-state index in [1.165, 1.54) is 11.1 Å². The first-order valence-corrected chi connectivity index (χ1v) is 10.2. The van der Waals surface area contributed by atoms with Gasteiger partial charge in [0.2, 0.25) is 0 Å². The van der Waals surface area contributed by atoms with Crippen LogP contribution in [0.25, 0.3) is 0 Å². The second-order valence-electron chi connectivity index (χ2n) is 7.90. The van der Waals surface area contributed by atoms with Crippen molar-refractivity contribution in [3.05, 3.63) is 35.4 Å². The average Bonchev–Trinajstić information content (AvgIpc) is 2.67. The molecule has 1 saturated heterocycles. The molecule has 0 bridgehead atoms. The van der Waals surface area contributed by atoms with Crippen molar-refractivity contribution in [3.63, 3.8) is 0 Å². The fourth-order valence-electron chi connectivity index (χ4n) is 3.42. The number of hydrogen-bond donors (Lipinski definition) is 2. The molecule has 2 N–H and O–H groups in total. The molecule has 0 aromatic heterocycles. The molecule has 1 fully saturated rings. The summed E-state index contributed by atoms with van der Waals surface area (Å²) in [6.07, 6.45) is 2.90.